The van der Waals surface area contributed by atoms with Crippen LogP contribution < -0.4 is 10.6 Å². The predicted octanol–water partition coefficient (Wildman–Crippen LogP) is 1.60. The summed E-state index contributed by atoms with van der Waals surface area (Å²) in [6.45, 7) is 8.13. The molecule has 1 fully saturated rings. The first-order valence-electron chi connectivity index (χ1n) is 7.67. The number of fused-ring (bicyclic) bond motifs is 1. The van der Waals surface area contributed by atoms with Crippen molar-refractivity contribution in [3.63, 3.8) is 0 Å². The molecule has 3 N–H and O–H groups in total. The molecule has 0 aromatic carbocycles. The topological polar surface area (TPSA) is 100 Å². The molecule has 0 unspecified atom stereocenters. The van der Waals surface area contributed by atoms with E-state index in [0.717, 1.165) is 16.9 Å². The number of nitrogens with two attached hydrogens (primary N) is 1. The van der Waals surface area contributed by atoms with E-state index in [9.17, 15) is 4.79 Å². The van der Waals surface area contributed by atoms with Crippen LogP contribution in [-0.4, -0.2) is 57.7 Å². The van der Waals surface area contributed by atoms with Gasteiger partial charge in [-0.2, -0.15) is 9.97 Å². The van der Waals surface area contributed by atoms with Gasteiger partial charge >= 0.3 is 6.09 Å². The van der Waals surface area contributed by atoms with E-state index in [1.165, 1.54) is 0 Å². The maximum absolute atomic E-state index is 12.1. The summed E-state index contributed by atoms with van der Waals surface area (Å²) in [6, 6.07) is 1.93. The van der Waals surface area contributed by atoms with Crippen molar-refractivity contribution in [3.05, 3.63) is 12.3 Å². The molecule has 0 saturated carbocycles. The zero-order valence-corrected chi connectivity index (χ0v) is 13.7. The van der Waals surface area contributed by atoms with E-state index < -0.39 is 5.60 Å². The van der Waals surface area contributed by atoms with Gasteiger partial charge in [0.25, 0.3) is 0 Å². The van der Waals surface area contributed by atoms with E-state index >= 15 is 0 Å². The number of H-pyrrole nitrogens is 1. The first kappa shape index (κ1) is 15.4. The second-order valence-electron chi connectivity index (χ2n) is 6.60. The minimum Gasteiger partial charge on any atom is -0.444 e. The fraction of sp³-hybridized carbons (Fsp3) is 0.533. The minimum absolute atomic E-state index is 0.240. The predicted molar refractivity (Wildman–Crippen MR) is 88.3 cm³/mol. The molecule has 1 aliphatic rings. The van der Waals surface area contributed by atoms with Crippen LogP contribution in [0.4, 0.5) is 16.6 Å². The molecule has 8 heteroatoms. The Hall–Kier alpha value is -2.51. The van der Waals surface area contributed by atoms with Gasteiger partial charge in [-0.05, 0) is 26.8 Å². The number of anilines is 2. The van der Waals surface area contributed by atoms with E-state index in [-0.39, 0.29) is 12.0 Å². The van der Waals surface area contributed by atoms with E-state index in [1.54, 1.807) is 4.90 Å². The highest BCUT2D eigenvalue weighted by Crippen LogP contribution is 2.25. The highest BCUT2D eigenvalue weighted by molar-refractivity contribution is 5.88. The lowest BCUT2D eigenvalue weighted by atomic mass is 10.2. The number of ether oxygens (including phenoxy) is 1. The fourth-order valence-corrected chi connectivity index (χ4v) is 2.61. The second kappa shape index (κ2) is 5.60. The van der Waals surface area contributed by atoms with Crippen molar-refractivity contribution in [1.29, 1.82) is 0 Å². The number of nitrogen functional groups attached to an aromatic ring is 1. The summed E-state index contributed by atoms with van der Waals surface area (Å²) in [4.78, 5) is 27.5. The Morgan fingerprint density at radius 3 is 2.61 bits per heavy atom. The van der Waals surface area contributed by atoms with Crippen molar-refractivity contribution in [2.24, 2.45) is 0 Å². The first-order chi connectivity index (χ1) is 10.8. The van der Waals surface area contributed by atoms with Crippen LogP contribution in [0.2, 0.25) is 0 Å². The SMILES string of the molecule is CC(C)(C)OC(=O)N1CCN(c2nc(N)nc3[nH]ccc23)CC1. The summed E-state index contributed by atoms with van der Waals surface area (Å²) in [5.41, 5.74) is 6.03. The number of aromatic nitrogens is 3. The monoisotopic (exact) mass is 318 g/mol. The molecule has 3 heterocycles. The summed E-state index contributed by atoms with van der Waals surface area (Å²) in [5.74, 6) is 1.04. The van der Waals surface area contributed by atoms with Gasteiger partial charge in [0.05, 0.1) is 5.39 Å². The van der Waals surface area contributed by atoms with Crippen LogP contribution in [0.15, 0.2) is 12.3 Å². The van der Waals surface area contributed by atoms with Gasteiger partial charge in [0.1, 0.15) is 17.1 Å². The van der Waals surface area contributed by atoms with E-state index in [4.69, 9.17) is 10.5 Å². The number of piperazine rings is 1. The summed E-state index contributed by atoms with van der Waals surface area (Å²) in [7, 11) is 0. The molecule has 124 valence electrons. The molecule has 1 amide bonds. The molecule has 0 atom stereocenters. The average Bonchev–Trinajstić information content (AvgIpc) is 2.93. The summed E-state index contributed by atoms with van der Waals surface area (Å²) < 4.78 is 5.41. The number of carbonyl (C=O) groups excluding carboxylic acids is 1. The normalized spacial score (nSPS) is 16.0. The Labute approximate surface area is 134 Å². The standard InChI is InChI=1S/C15H22N6O2/c1-15(2,3)23-14(22)21-8-6-20(7-9-21)12-10-4-5-17-11(10)18-13(16)19-12/h4-5H,6-9H2,1-3H3,(H3,16,17,18,19). The van der Waals surface area contributed by atoms with Gasteiger partial charge in [0.15, 0.2) is 0 Å². The summed E-state index contributed by atoms with van der Waals surface area (Å²) in [6.07, 6.45) is 1.55. The summed E-state index contributed by atoms with van der Waals surface area (Å²) >= 11 is 0. The van der Waals surface area contributed by atoms with Crippen molar-refractivity contribution in [3.8, 4) is 0 Å². The van der Waals surface area contributed by atoms with Crippen LogP contribution in [0.1, 0.15) is 20.8 Å². The molecule has 8 nitrogen and oxygen atoms in total. The number of carbonyl (C=O) groups is 1. The van der Waals surface area contributed by atoms with Gasteiger partial charge in [-0.3, -0.25) is 0 Å². The third-order valence-electron chi connectivity index (χ3n) is 3.64. The maximum atomic E-state index is 12.1. The molecule has 3 rings (SSSR count). The maximum Gasteiger partial charge on any atom is 0.410 e. The van der Waals surface area contributed by atoms with E-state index in [2.05, 4.69) is 19.9 Å². The number of aromatic amines is 1. The Kier molecular flexibility index (Phi) is 3.75. The molecule has 1 saturated heterocycles. The van der Waals surface area contributed by atoms with Crippen molar-refractivity contribution in [1.82, 2.24) is 19.9 Å². The lowest BCUT2D eigenvalue weighted by molar-refractivity contribution is 0.0240. The highest BCUT2D eigenvalue weighted by Gasteiger charge is 2.27. The Balaban J connectivity index is 1.71. The number of nitrogens with zero attached hydrogens (tertiary/aromatic N) is 4. The lowest BCUT2D eigenvalue weighted by Gasteiger charge is -2.36. The molecular weight excluding hydrogens is 296 g/mol. The number of hydrogen-bond acceptors (Lipinski definition) is 6. The third-order valence-corrected chi connectivity index (χ3v) is 3.64. The third kappa shape index (κ3) is 3.30. The van der Waals surface area contributed by atoms with Crippen molar-refractivity contribution in [2.75, 3.05) is 36.8 Å². The molecule has 2 aromatic heterocycles. The molecule has 0 bridgehead atoms. The van der Waals surface area contributed by atoms with Gasteiger partial charge in [-0.1, -0.05) is 0 Å². The van der Waals surface area contributed by atoms with Gasteiger partial charge in [0, 0.05) is 32.4 Å². The lowest BCUT2D eigenvalue weighted by Crippen LogP contribution is -2.50. The fourth-order valence-electron chi connectivity index (χ4n) is 2.61. The average molecular weight is 318 g/mol. The molecule has 0 spiro atoms. The number of amides is 1. The number of rotatable bonds is 1. The first-order valence-corrected chi connectivity index (χ1v) is 7.67. The number of nitrogens with one attached hydrogen (secondary N) is 1. The van der Waals surface area contributed by atoms with Crippen LogP contribution in [0.3, 0.4) is 0 Å². The zero-order chi connectivity index (χ0) is 16.6. The van der Waals surface area contributed by atoms with Crippen molar-refractivity contribution < 1.29 is 9.53 Å². The van der Waals surface area contributed by atoms with Crippen LogP contribution in [0.5, 0.6) is 0 Å². The van der Waals surface area contributed by atoms with Gasteiger partial charge in [-0.15, -0.1) is 0 Å². The minimum atomic E-state index is -0.480. The second-order valence-corrected chi connectivity index (χ2v) is 6.60. The molecule has 0 radical (unpaired) electrons. The molecular formula is C15H22N6O2. The zero-order valence-electron chi connectivity index (χ0n) is 13.7. The molecule has 0 aliphatic carbocycles. The number of hydrogen-bond donors (Lipinski definition) is 2. The smallest absolute Gasteiger partial charge is 0.410 e. The Morgan fingerprint density at radius 2 is 1.96 bits per heavy atom. The quantitative estimate of drug-likeness (QED) is 0.828. The van der Waals surface area contributed by atoms with Crippen molar-refractivity contribution in [2.45, 2.75) is 26.4 Å². The Bertz CT molecular complexity index is 712. The molecule has 1 aliphatic heterocycles. The van der Waals surface area contributed by atoms with E-state index in [0.29, 0.717) is 26.2 Å². The molecule has 23 heavy (non-hydrogen) atoms. The van der Waals surface area contributed by atoms with Crippen LogP contribution >= 0.6 is 0 Å². The van der Waals surface area contributed by atoms with Gasteiger partial charge in [-0.25, -0.2) is 4.79 Å². The van der Waals surface area contributed by atoms with Crippen LogP contribution in [0, 0.1) is 0 Å². The molecule has 2 aromatic rings. The largest absolute Gasteiger partial charge is 0.444 e. The highest BCUT2D eigenvalue weighted by atomic mass is 16.6. The van der Waals surface area contributed by atoms with Crippen molar-refractivity contribution >= 4 is 28.9 Å². The van der Waals surface area contributed by atoms with Gasteiger partial charge in [0.2, 0.25) is 5.95 Å². The Morgan fingerprint density at radius 1 is 1.26 bits per heavy atom. The van der Waals surface area contributed by atoms with Crippen LogP contribution in [-0.2, 0) is 4.74 Å². The van der Waals surface area contributed by atoms with Crippen LogP contribution in [0.25, 0.3) is 11.0 Å². The van der Waals surface area contributed by atoms with Gasteiger partial charge < -0.3 is 25.3 Å². The summed E-state index contributed by atoms with van der Waals surface area (Å²) in [5, 5.41) is 0.935. The van der Waals surface area contributed by atoms with E-state index in [1.807, 2.05) is 33.0 Å².